The number of hydrogen-bond acceptors (Lipinski definition) is 4. The average molecular weight is 313 g/mol. The van der Waals surface area contributed by atoms with Crippen LogP contribution >= 0.6 is 0 Å². The lowest BCUT2D eigenvalue weighted by molar-refractivity contribution is 0.101. The highest BCUT2D eigenvalue weighted by molar-refractivity contribution is 7.90. The molecular weight excluding hydrogens is 286 g/mol. The number of furan rings is 1. The molecule has 0 saturated carbocycles. The summed E-state index contributed by atoms with van der Waals surface area (Å²) in [6.07, 6.45) is 5.19. The molecular formula is C16H27NO3S. The zero-order chi connectivity index (χ0) is 15.5. The third kappa shape index (κ3) is 4.85. The summed E-state index contributed by atoms with van der Waals surface area (Å²) in [6, 6.07) is 4.45. The van der Waals surface area contributed by atoms with Gasteiger partial charge in [-0.25, -0.2) is 8.42 Å². The Bertz CT molecular complexity index is 550. The number of nitrogens with zero attached hydrogens (tertiary/aromatic N) is 1. The molecule has 0 aliphatic carbocycles. The molecule has 0 unspecified atom stereocenters. The zero-order valence-electron chi connectivity index (χ0n) is 13.3. The summed E-state index contributed by atoms with van der Waals surface area (Å²) in [5.41, 5.74) is 0. The highest BCUT2D eigenvalue weighted by Gasteiger charge is 2.29. The van der Waals surface area contributed by atoms with Crippen LogP contribution in [0.15, 0.2) is 16.5 Å². The van der Waals surface area contributed by atoms with Gasteiger partial charge in [0.1, 0.15) is 21.4 Å². The van der Waals surface area contributed by atoms with E-state index in [-0.39, 0.29) is 5.75 Å². The highest BCUT2D eigenvalue weighted by atomic mass is 32.2. The molecule has 1 aliphatic heterocycles. The van der Waals surface area contributed by atoms with Gasteiger partial charge >= 0.3 is 0 Å². The van der Waals surface area contributed by atoms with Crippen LogP contribution < -0.4 is 0 Å². The van der Waals surface area contributed by atoms with E-state index in [1.165, 1.54) is 12.7 Å². The second kappa shape index (κ2) is 6.97. The summed E-state index contributed by atoms with van der Waals surface area (Å²) in [5, 5.41) is 0. The fourth-order valence-electron chi connectivity index (χ4n) is 3.05. The van der Waals surface area contributed by atoms with Gasteiger partial charge in [-0.15, -0.1) is 0 Å². The summed E-state index contributed by atoms with van der Waals surface area (Å²) in [6.45, 7) is 6.23. The molecule has 1 aromatic rings. The minimum atomic E-state index is -2.87. The maximum atomic E-state index is 11.3. The predicted octanol–water partition coefficient (Wildman–Crippen LogP) is 3.05. The van der Waals surface area contributed by atoms with Crippen molar-refractivity contribution in [2.24, 2.45) is 5.92 Å². The van der Waals surface area contributed by atoms with E-state index >= 15 is 0 Å². The smallest absolute Gasteiger partial charge is 0.147 e. The number of sulfone groups is 1. The van der Waals surface area contributed by atoms with Gasteiger partial charge in [0.25, 0.3) is 0 Å². The lowest BCUT2D eigenvalue weighted by Gasteiger charge is -2.37. The predicted molar refractivity (Wildman–Crippen MR) is 85.1 cm³/mol. The molecule has 0 aromatic carbocycles. The largest absolute Gasteiger partial charge is 0.464 e. The van der Waals surface area contributed by atoms with E-state index in [0.717, 1.165) is 37.5 Å². The van der Waals surface area contributed by atoms with E-state index in [9.17, 15) is 8.42 Å². The number of hydrogen-bond donors (Lipinski definition) is 0. The van der Waals surface area contributed by atoms with Crippen molar-refractivity contribution in [1.29, 1.82) is 0 Å². The van der Waals surface area contributed by atoms with Crippen molar-refractivity contribution in [3.8, 4) is 0 Å². The monoisotopic (exact) mass is 313 g/mol. The van der Waals surface area contributed by atoms with Gasteiger partial charge in [-0.1, -0.05) is 13.8 Å². The minimum Gasteiger partial charge on any atom is -0.464 e. The maximum absolute atomic E-state index is 11.3. The molecule has 1 aromatic heterocycles. The standard InChI is InChI=1S/C16H27NO3S/c1-4-14-6-7-16(20-14)15-12-13(2)8-10-17(15)9-5-11-21(3,18)19/h6-7,13,15H,4-5,8-12H2,1-3H3/t13-,15+/m1/s1. The van der Waals surface area contributed by atoms with Crippen molar-refractivity contribution in [3.63, 3.8) is 0 Å². The molecule has 21 heavy (non-hydrogen) atoms. The molecule has 1 saturated heterocycles. The lowest BCUT2D eigenvalue weighted by atomic mass is 9.91. The quantitative estimate of drug-likeness (QED) is 0.810. The Kier molecular flexibility index (Phi) is 5.49. The van der Waals surface area contributed by atoms with Crippen LogP contribution in [0.25, 0.3) is 0 Å². The summed E-state index contributed by atoms with van der Waals surface area (Å²) in [4.78, 5) is 2.39. The summed E-state index contributed by atoms with van der Waals surface area (Å²) >= 11 is 0. The van der Waals surface area contributed by atoms with Crippen LogP contribution in [0.2, 0.25) is 0 Å². The van der Waals surface area contributed by atoms with Crippen molar-refractivity contribution in [2.45, 2.75) is 45.6 Å². The van der Waals surface area contributed by atoms with Crippen LogP contribution in [-0.4, -0.2) is 38.4 Å². The molecule has 0 N–H and O–H groups in total. The van der Waals surface area contributed by atoms with E-state index in [0.29, 0.717) is 18.4 Å². The minimum absolute atomic E-state index is 0.268. The van der Waals surface area contributed by atoms with Crippen molar-refractivity contribution in [1.82, 2.24) is 4.90 Å². The number of rotatable bonds is 6. The van der Waals surface area contributed by atoms with E-state index < -0.39 is 9.84 Å². The number of piperidine rings is 1. The van der Waals surface area contributed by atoms with Crippen LogP contribution in [0.3, 0.4) is 0 Å². The molecule has 0 radical (unpaired) electrons. The molecule has 2 atom stereocenters. The average Bonchev–Trinajstić information content (AvgIpc) is 2.87. The SMILES string of the molecule is CCc1ccc([C@@H]2C[C@H](C)CCN2CCCS(C)(=O)=O)o1. The second-order valence-electron chi connectivity index (χ2n) is 6.32. The van der Waals surface area contributed by atoms with Gasteiger partial charge in [-0.05, 0) is 50.4 Å². The third-order valence-corrected chi connectivity index (χ3v) is 5.33. The van der Waals surface area contributed by atoms with Crippen LogP contribution in [0.4, 0.5) is 0 Å². The molecule has 4 nitrogen and oxygen atoms in total. The Morgan fingerprint density at radius 1 is 1.38 bits per heavy atom. The van der Waals surface area contributed by atoms with Crippen molar-refractivity contribution >= 4 is 9.84 Å². The Labute approximate surface area is 128 Å². The Morgan fingerprint density at radius 3 is 2.76 bits per heavy atom. The van der Waals surface area contributed by atoms with Gasteiger partial charge in [0, 0.05) is 12.7 Å². The summed E-state index contributed by atoms with van der Waals surface area (Å²) in [7, 11) is -2.87. The van der Waals surface area contributed by atoms with Crippen molar-refractivity contribution in [3.05, 3.63) is 23.7 Å². The molecule has 2 rings (SSSR count). The zero-order valence-corrected chi connectivity index (χ0v) is 14.2. The molecule has 0 spiro atoms. The first kappa shape index (κ1) is 16.6. The van der Waals surface area contributed by atoms with Crippen LogP contribution in [-0.2, 0) is 16.3 Å². The molecule has 5 heteroatoms. The molecule has 1 aliphatic rings. The third-order valence-electron chi connectivity index (χ3n) is 4.30. The Hall–Kier alpha value is -0.810. The normalized spacial score (nSPS) is 24.3. The van der Waals surface area contributed by atoms with Crippen molar-refractivity contribution < 1.29 is 12.8 Å². The van der Waals surface area contributed by atoms with Gasteiger partial charge in [-0.3, -0.25) is 4.90 Å². The molecule has 0 amide bonds. The molecule has 120 valence electrons. The van der Waals surface area contributed by atoms with E-state index in [1.807, 2.05) is 0 Å². The first-order chi connectivity index (χ1) is 9.89. The maximum Gasteiger partial charge on any atom is 0.147 e. The molecule has 0 bridgehead atoms. The molecule has 1 fully saturated rings. The topological polar surface area (TPSA) is 50.5 Å². The van der Waals surface area contributed by atoms with E-state index in [2.05, 4.69) is 30.9 Å². The number of aryl methyl sites for hydroxylation is 1. The summed E-state index contributed by atoms with van der Waals surface area (Å²) < 4.78 is 28.5. The van der Waals surface area contributed by atoms with Gasteiger partial charge in [0.05, 0.1) is 11.8 Å². The highest BCUT2D eigenvalue weighted by Crippen LogP contribution is 2.35. The van der Waals surface area contributed by atoms with E-state index in [4.69, 9.17) is 4.42 Å². The first-order valence-electron chi connectivity index (χ1n) is 7.89. The van der Waals surface area contributed by atoms with Crippen LogP contribution in [0, 0.1) is 5.92 Å². The van der Waals surface area contributed by atoms with Gasteiger partial charge in [0.15, 0.2) is 0 Å². The van der Waals surface area contributed by atoms with Crippen LogP contribution in [0.5, 0.6) is 0 Å². The van der Waals surface area contributed by atoms with Gasteiger partial charge in [-0.2, -0.15) is 0 Å². The van der Waals surface area contributed by atoms with Crippen molar-refractivity contribution in [2.75, 3.05) is 25.1 Å². The van der Waals surface area contributed by atoms with Gasteiger partial charge < -0.3 is 4.42 Å². The number of likely N-dealkylation sites (tertiary alicyclic amines) is 1. The fraction of sp³-hybridized carbons (Fsp3) is 0.750. The lowest BCUT2D eigenvalue weighted by Crippen LogP contribution is -2.37. The Morgan fingerprint density at radius 2 is 2.14 bits per heavy atom. The van der Waals surface area contributed by atoms with Gasteiger partial charge in [0.2, 0.25) is 0 Å². The Balaban J connectivity index is 2.02. The summed E-state index contributed by atoms with van der Waals surface area (Å²) in [5.74, 6) is 3.03. The second-order valence-corrected chi connectivity index (χ2v) is 8.58. The van der Waals surface area contributed by atoms with Crippen LogP contribution in [0.1, 0.15) is 50.7 Å². The fourth-order valence-corrected chi connectivity index (χ4v) is 3.70. The molecule has 2 heterocycles. The van der Waals surface area contributed by atoms with E-state index in [1.54, 1.807) is 0 Å². The first-order valence-corrected chi connectivity index (χ1v) is 9.95.